The first-order valence-corrected chi connectivity index (χ1v) is 15.1. The second-order valence-electron chi connectivity index (χ2n) is 12.2. The van der Waals surface area contributed by atoms with E-state index < -0.39 is 41.4 Å². The fourth-order valence-corrected chi connectivity index (χ4v) is 6.37. The Morgan fingerprint density at radius 3 is 1.58 bits per heavy atom. The fraction of sp³-hybridized carbons (Fsp3) is 0.297. The summed E-state index contributed by atoms with van der Waals surface area (Å²) in [5, 5.41) is 29.2. The number of rotatable bonds is 12. The van der Waals surface area contributed by atoms with E-state index in [1.165, 1.54) is 0 Å². The van der Waals surface area contributed by atoms with Gasteiger partial charge in [0.2, 0.25) is 5.79 Å². The van der Waals surface area contributed by atoms with Gasteiger partial charge in [-0.25, -0.2) is 9.59 Å². The summed E-state index contributed by atoms with van der Waals surface area (Å²) in [5.74, 6) is -3.15. The molecule has 0 aromatic heterocycles. The van der Waals surface area contributed by atoms with Crippen LogP contribution in [-0.4, -0.2) is 34.5 Å². The van der Waals surface area contributed by atoms with Gasteiger partial charge in [-0.2, -0.15) is 0 Å². The van der Waals surface area contributed by atoms with Crippen LogP contribution in [-0.2, 0) is 34.9 Å². The van der Waals surface area contributed by atoms with Crippen molar-refractivity contribution in [3.63, 3.8) is 0 Å². The van der Waals surface area contributed by atoms with E-state index in [1.807, 2.05) is 105 Å². The first-order chi connectivity index (χ1) is 21.7. The van der Waals surface area contributed by atoms with Crippen LogP contribution in [0.4, 0.5) is 9.59 Å². The van der Waals surface area contributed by atoms with Crippen molar-refractivity contribution in [3.8, 4) is 0 Å². The lowest BCUT2D eigenvalue weighted by molar-refractivity contribution is -0.198. The highest BCUT2D eigenvalue weighted by molar-refractivity contribution is 5.69. The lowest BCUT2D eigenvalue weighted by atomic mass is 9.90. The molecule has 0 saturated heterocycles. The Morgan fingerprint density at radius 2 is 1.09 bits per heavy atom. The molecule has 2 amide bonds. The lowest BCUT2D eigenvalue weighted by Crippen LogP contribution is -2.53. The van der Waals surface area contributed by atoms with Gasteiger partial charge in [0, 0.05) is 11.6 Å². The van der Waals surface area contributed by atoms with Crippen molar-refractivity contribution in [2.45, 2.75) is 51.4 Å². The van der Waals surface area contributed by atoms with E-state index in [0.717, 1.165) is 16.7 Å². The monoisotopic (exact) mass is 608 g/mol. The van der Waals surface area contributed by atoms with Crippen LogP contribution < -0.4 is 10.6 Å². The molecule has 1 fully saturated rings. The highest BCUT2D eigenvalue weighted by Crippen LogP contribution is 2.63. The van der Waals surface area contributed by atoms with Crippen LogP contribution >= 0.6 is 0 Å². The van der Waals surface area contributed by atoms with Crippen molar-refractivity contribution < 1.29 is 29.3 Å². The molecule has 4 N–H and O–H groups in total. The number of nitrogens with one attached hydrogen (secondary N) is 2. The SMILES string of the molecule is CC1(C)[C@@H]([C@@H](NC(=O)OCc2ccccc2)C(O)(O)c2ccccc2)[C@@H]1[C@@H](Cc1ccccc1)NC(=O)OCc1ccccc1. The minimum absolute atomic E-state index is 0.0253. The summed E-state index contributed by atoms with van der Waals surface area (Å²) in [5.41, 5.74) is 2.38. The number of ether oxygens (including phenoxy) is 2. The minimum Gasteiger partial charge on any atom is -0.445 e. The molecule has 1 aliphatic carbocycles. The Labute approximate surface area is 264 Å². The molecule has 4 aromatic rings. The number of amides is 2. The second kappa shape index (κ2) is 14.0. The quantitative estimate of drug-likeness (QED) is 0.148. The third kappa shape index (κ3) is 7.90. The molecule has 45 heavy (non-hydrogen) atoms. The average Bonchev–Trinajstić information content (AvgIpc) is 3.63. The number of hydrogen-bond donors (Lipinski definition) is 4. The molecule has 1 aliphatic rings. The zero-order valence-electron chi connectivity index (χ0n) is 25.5. The maximum Gasteiger partial charge on any atom is 0.407 e. The molecule has 4 aromatic carbocycles. The Bertz CT molecular complexity index is 1530. The molecule has 0 heterocycles. The Morgan fingerprint density at radius 1 is 0.667 bits per heavy atom. The van der Waals surface area contributed by atoms with Crippen LogP contribution in [0.1, 0.15) is 36.1 Å². The van der Waals surface area contributed by atoms with Gasteiger partial charge in [-0.3, -0.25) is 0 Å². The van der Waals surface area contributed by atoms with Crippen molar-refractivity contribution in [2.75, 3.05) is 0 Å². The van der Waals surface area contributed by atoms with Crippen molar-refractivity contribution in [3.05, 3.63) is 144 Å². The van der Waals surface area contributed by atoms with Gasteiger partial charge in [-0.15, -0.1) is 0 Å². The molecule has 8 heteroatoms. The van der Waals surface area contributed by atoms with E-state index in [-0.39, 0.29) is 24.7 Å². The molecule has 1 saturated carbocycles. The first kappa shape index (κ1) is 31.8. The highest BCUT2D eigenvalue weighted by atomic mass is 16.6. The summed E-state index contributed by atoms with van der Waals surface area (Å²) in [6.07, 6.45) is -0.870. The number of hydrogen-bond acceptors (Lipinski definition) is 6. The van der Waals surface area contributed by atoms with Crippen molar-refractivity contribution in [1.82, 2.24) is 10.6 Å². The standard InChI is InChI=1S/C37H40N2O6/c1-36(2)31(30(23-26-15-7-3-8-16-26)38-34(40)44-24-27-17-9-4-10-18-27)32(36)33(37(42,43)29-21-13-6-14-22-29)39-35(41)45-25-28-19-11-5-12-20-28/h3-22,30-33,42-43H,23-25H2,1-2H3,(H,38,40)(H,39,41)/t30-,31+,32-,33-/m1/s1. The number of benzene rings is 4. The van der Waals surface area contributed by atoms with E-state index >= 15 is 0 Å². The van der Waals surface area contributed by atoms with Gasteiger partial charge in [0.05, 0.1) is 6.04 Å². The average molecular weight is 609 g/mol. The van der Waals surface area contributed by atoms with E-state index in [4.69, 9.17) is 9.47 Å². The van der Waals surface area contributed by atoms with Crippen LogP contribution in [0, 0.1) is 17.3 Å². The third-order valence-corrected chi connectivity index (χ3v) is 8.72. The van der Waals surface area contributed by atoms with Gasteiger partial charge < -0.3 is 30.3 Å². The van der Waals surface area contributed by atoms with Crippen LogP contribution in [0.2, 0.25) is 0 Å². The summed E-state index contributed by atoms with van der Waals surface area (Å²) >= 11 is 0. The highest BCUT2D eigenvalue weighted by Gasteiger charge is 2.67. The predicted molar refractivity (Wildman–Crippen MR) is 171 cm³/mol. The topological polar surface area (TPSA) is 117 Å². The third-order valence-electron chi connectivity index (χ3n) is 8.72. The normalized spacial score (nSPS) is 18.2. The molecule has 0 radical (unpaired) electrons. The van der Waals surface area contributed by atoms with Gasteiger partial charge in [0.15, 0.2) is 0 Å². The zero-order chi connectivity index (χ0) is 31.9. The van der Waals surface area contributed by atoms with Crippen molar-refractivity contribution in [2.24, 2.45) is 17.3 Å². The van der Waals surface area contributed by atoms with Gasteiger partial charge in [-0.05, 0) is 40.4 Å². The summed E-state index contributed by atoms with van der Waals surface area (Å²) in [7, 11) is 0. The predicted octanol–water partition coefficient (Wildman–Crippen LogP) is 5.93. The van der Waals surface area contributed by atoms with Crippen LogP contribution in [0.5, 0.6) is 0 Å². The molecule has 0 bridgehead atoms. The van der Waals surface area contributed by atoms with Crippen LogP contribution in [0.15, 0.2) is 121 Å². The zero-order valence-corrected chi connectivity index (χ0v) is 25.5. The molecule has 0 unspecified atom stereocenters. The Kier molecular flexibility index (Phi) is 9.86. The van der Waals surface area contributed by atoms with E-state index in [0.29, 0.717) is 6.42 Å². The van der Waals surface area contributed by atoms with E-state index in [9.17, 15) is 19.8 Å². The number of carbonyl (C=O) groups excluding carboxylic acids is 2. The lowest BCUT2D eigenvalue weighted by Gasteiger charge is -2.33. The summed E-state index contributed by atoms with van der Waals surface area (Å²) in [4.78, 5) is 26.3. The molecule has 0 spiro atoms. The largest absolute Gasteiger partial charge is 0.445 e. The summed E-state index contributed by atoms with van der Waals surface area (Å²) in [6, 6.07) is 35.3. The summed E-state index contributed by atoms with van der Waals surface area (Å²) in [6.45, 7) is 4.15. The van der Waals surface area contributed by atoms with E-state index in [1.54, 1.807) is 30.3 Å². The molecule has 0 aliphatic heterocycles. The number of carbonyl (C=O) groups is 2. The maximum absolute atomic E-state index is 13.2. The maximum atomic E-state index is 13.2. The second-order valence-corrected chi connectivity index (χ2v) is 12.2. The number of alkyl carbamates (subject to hydrolysis) is 2. The first-order valence-electron chi connectivity index (χ1n) is 15.1. The van der Waals surface area contributed by atoms with Crippen LogP contribution in [0.25, 0.3) is 0 Å². The Balaban J connectivity index is 1.40. The van der Waals surface area contributed by atoms with Crippen LogP contribution in [0.3, 0.4) is 0 Å². The van der Waals surface area contributed by atoms with Crippen molar-refractivity contribution >= 4 is 12.2 Å². The molecular weight excluding hydrogens is 568 g/mol. The van der Waals surface area contributed by atoms with Gasteiger partial charge in [-0.1, -0.05) is 135 Å². The van der Waals surface area contributed by atoms with Gasteiger partial charge in [0.25, 0.3) is 0 Å². The number of aliphatic hydroxyl groups is 2. The molecular formula is C37H40N2O6. The molecule has 234 valence electrons. The smallest absolute Gasteiger partial charge is 0.407 e. The van der Waals surface area contributed by atoms with Gasteiger partial charge in [0.1, 0.15) is 13.2 Å². The van der Waals surface area contributed by atoms with Crippen molar-refractivity contribution in [1.29, 1.82) is 0 Å². The fourth-order valence-electron chi connectivity index (χ4n) is 6.37. The Hall–Kier alpha value is -4.66. The molecule has 8 nitrogen and oxygen atoms in total. The molecule has 5 rings (SSSR count). The minimum atomic E-state index is -2.44. The van der Waals surface area contributed by atoms with E-state index in [2.05, 4.69) is 10.6 Å². The van der Waals surface area contributed by atoms with Gasteiger partial charge >= 0.3 is 12.2 Å². The molecule has 4 atom stereocenters. The summed E-state index contributed by atoms with van der Waals surface area (Å²) < 4.78 is 11.1.